The summed E-state index contributed by atoms with van der Waals surface area (Å²) in [6.45, 7) is 4.79. The first-order chi connectivity index (χ1) is 7.28. The molecule has 1 aromatic rings. The Kier molecular flexibility index (Phi) is 3.33. The van der Waals surface area contributed by atoms with Crippen molar-refractivity contribution in [3.8, 4) is 0 Å². The van der Waals surface area contributed by atoms with Crippen LogP contribution in [0.4, 0.5) is 0 Å². The normalized spacial score (nSPS) is 23.2. The summed E-state index contributed by atoms with van der Waals surface area (Å²) in [6.07, 6.45) is 2.49. The van der Waals surface area contributed by atoms with Crippen LogP contribution in [0.1, 0.15) is 24.6 Å². The predicted octanol–water partition coefficient (Wildman–Crippen LogP) is 0.562. The second kappa shape index (κ2) is 4.72. The van der Waals surface area contributed by atoms with Gasteiger partial charge in [0.15, 0.2) is 0 Å². The first kappa shape index (κ1) is 10.6. The first-order valence-corrected chi connectivity index (χ1v) is 5.46. The lowest BCUT2D eigenvalue weighted by Crippen LogP contribution is -2.43. The van der Waals surface area contributed by atoms with Gasteiger partial charge in [-0.25, -0.2) is 0 Å². The quantitative estimate of drug-likeness (QED) is 0.790. The summed E-state index contributed by atoms with van der Waals surface area (Å²) in [5.74, 6) is 1.37. The van der Waals surface area contributed by atoms with Crippen molar-refractivity contribution in [2.45, 2.75) is 32.4 Å². The molecule has 1 aromatic heterocycles. The van der Waals surface area contributed by atoms with Gasteiger partial charge in [-0.15, -0.1) is 10.2 Å². The molecule has 5 nitrogen and oxygen atoms in total. The van der Waals surface area contributed by atoms with Gasteiger partial charge in [-0.2, -0.15) is 0 Å². The molecule has 2 heterocycles. The second-order valence-corrected chi connectivity index (χ2v) is 4.08. The molecule has 15 heavy (non-hydrogen) atoms. The number of hydrogen-bond donors (Lipinski definition) is 1. The molecule has 0 aliphatic carbocycles. The third-order valence-corrected chi connectivity index (χ3v) is 2.84. The zero-order valence-corrected chi connectivity index (χ0v) is 9.36. The van der Waals surface area contributed by atoms with E-state index in [2.05, 4.69) is 20.4 Å². The lowest BCUT2D eigenvalue weighted by atomic mass is 10.1. The molecule has 5 heteroatoms. The molecule has 1 N–H and O–H groups in total. The number of nitrogens with one attached hydrogen (secondary N) is 1. The van der Waals surface area contributed by atoms with Gasteiger partial charge in [-0.05, 0) is 26.4 Å². The van der Waals surface area contributed by atoms with Gasteiger partial charge >= 0.3 is 0 Å². The molecular formula is C10H18N4O. The molecule has 1 fully saturated rings. The first-order valence-electron chi connectivity index (χ1n) is 5.46. The Morgan fingerprint density at radius 3 is 3.07 bits per heavy atom. The SMILES string of the molecule is CNC1CCCN(Cc2nnc(C)o2)C1. The lowest BCUT2D eigenvalue weighted by Gasteiger charge is -2.31. The molecular weight excluding hydrogens is 192 g/mol. The minimum atomic E-state index is 0.600. The third kappa shape index (κ3) is 2.76. The van der Waals surface area contributed by atoms with E-state index in [9.17, 15) is 0 Å². The van der Waals surface area contributed by atoms with Crippen LogP contribution in [0.2, 0.25) is 0 Å². The summed E-state index contributed by atoms with van der Waals surface area (Å²) in [5.41, 5.74) is 0. The smallest absolute Gasteiger partial charge is 0.230 e. The number of likely N-dealkylation sites (tertiary alicyclic amines) is 1. The Bertz CT molecular complexity index is 312. The fourth-order valence-electron chi connectivity index (χ4n) is 2.03. The minimum absolute atomic E-state index is 0.600. The topological polar surface area (TPSA) is 54.2 Å². The van der Waals surface area contributed by atoms with E-state index < -0.39 is 0 Å². The second-order valence-electron chi connectivity index (χ2n) is 4.08. The average molecular weight is 210 g/mol. The van der Waals surface area contributed by atoms with Crippen LogP contribution in [0.15, 0.2) is 4.42 Å². The number of aromatic nitrogens is 2. The highest BCUT2D eigenvalue weighted by molar-refractivity contribution is 4.83. The fraction of sp³-hybridized carbons (Fsp3) is 0.800. The molecule has 1 saturated heterocycles. The maximum Gasteiger partial charge on any atom is 0.230 e. The van der Waals surface area contributed by atoms with Crippen LogP contribution in [0.3, 0.4) is 0 Å². The third-order valence-electron chi connectivity index (χ3n) is 2.84. The summed E-state index contributed by atoms with van der Waals surface area (Å²) < 4.78 is 5.37. The van der Waals surface area contributed by atoms with E-state index in [-0.39, 0.29) is 0 Å². The summed E-state index contributed by atoms with van der Waals surface area (Å²) in [5, 5.41) is 11.2. The number of likely N-dealkylation sites (N-methyl/N-ethyl adjacent to an activating group) is 1. The molecule has 2 rings (SSSR count). The molecule has 0 amide bonds. The van der Waals surface area contributed by atoms with Gasteiger partial charge in [0.1, 0.15) is 0 Å². The largest absolute Gasteiger partial charge is 0.424 e. The summed E-state index contributed by atoms with van der Waals surface area (Å²) in [4.78, 5) is 2.36. The van der Waals surface area contributed by atoms with Crippen LogP contribution in [0.25, 0.3) is 0 Å². The van der Waals surface area contributed by atoms with Crippen molar-refractivity contribution in [3.05, 3.63) is 11.8 Å². The lowest BCUT2D eigenvalue weighted by molar-refractivity contribution is 0.172. The molecule has 1 unspecified atom stereocenters. The van der Waals surface area contributed by atoms with Crippen molar-refractivity contribution in [2.75, 3.05) is 20.1 Å². The molecule has 0 saturated carbocycles. The van der Waals surface area contributed by atoms with Gasteiger partial charge in [0, 0.05) is 19.5 Å². The monoisotopic (exact) mass is 210 g/mol. The van der Waals surface area contributed by atoms with E-state index in [4.69, 9.17) is 4.42 Å². The zero-order chi connectivity index (χ0) is 10.7. The molecule has 0 bridgehead atoms. The van der Waals surface area contributed by atoms with Crippen molar-refractivity contribution in [1.82, 2.24) is 20.4 Å². The number of rotatable bonds is 3. The molecule has 0 radical (unpaired) electrons. The van der Waals surface area contributed by atoms with Gasteiger partial charge in [-0.3, -0.25) is 4.90 Å². The number of aryl methyl sites for hydroxylation is 1. The maximum atomic E-state index is 5.37. The van der Waals surface area contributed by atoms with Crippen LogP contribution < -0.4 is 5.32 Å². The van der Waals surface area contributed by atoms with Gasteiger partial charge in [0.05, 0.1) is 6.54 Å². The number of nitrogens with zero attached hydrogens (tertiary/aromatic N) is 3. The number of piperidine rings is 1. The van der Waals surface area contributed by atoms with Crippen molar-refractivity contribution in [3.63, 3.8) is 0 Å². The molecule has 0 spiro atoms. The van der Waals surface area contributed by atoms with Crippen molar-refractivity contribution >= 4 is 0 Å². The Morgan fingerprint density at radius 1 is 1.53 bits per heavy atom. The van der Waals surface area contributed by atoms with E-state index in [0.717, 1.165) is 25.5 Å². The fourth-order valence-corrected chi connectivity index (χ4v) is 2.03. The minimum Gasteiger partial charge on any atom is -0.424 e. The summed E-state index contributed by atoms with van der Waals surface area (Å²) >= 11 is 0. The summed E-state index contributed by atoms with van der Waals surface area (Å²) in [6, 6.07) is 0.600. The van der Waals surface area contributed by atoms with Gasteiger partial charge < -0.3 is 9.73 Å². The van der Waals surface area contributed by atoms with Crippen LogP contribution in [-0.2, 0) is 6.54 Å². The molecule has 84 valence electrons. The van der Waals surface area contributed by atoms with Gasteiger partial charge in [0.25, 0.3) is 0 Å². The van der Waals surface area contributed by atoms with Crippen LogP contribution in [-0.4, -0.2) is 41.3 Å². The number of hydrogen-bond acceptors (Lipinski definition) is 5. The van der Waals surface area contributed by atoms with Crippen molar-refractivity contribution in [2.24, 2.45) is 0 Å². The standard InChI is InChI=1S/C10H18N4O/c1-8-12-13-10(15-8)7-14-5-3-4-9(6-14)11-2/h9,11H,3-7H2,1-2H3. The van der Waals surface area contributed by atoms with E-state index in [1.165, 1.54) is 12.8 Å². The average Bonchev–Trinajstić information content (AvgIpc) is 2.64. The van der Waals surface area contributed by atoms with Crippen LogP contribution in [0.5, 0.6) is 0 Å². The Balaban J connectivity index is 1.88. The van der Waals surface area contributed by atoms with E-state index in [1.54, 1.807) is 0 Å². The molecule has 1 aliphatic heterocycles. The zero-order valence-electron chi connectivity index (χ0n) is 9.36. The Hall–Kier alpha value is -0.940. The predicted molar refractivity (Wildman–Crippen MR) is 56.4 cm³/mol. The Labute approximate surface area is 89.9 Å². The summed E-state index contributed by atoms with van der Waals surface area (Å²) in [7, 11) is 2.02. The van der Waals surface area contributed by atoms with Crippen LogP contribution >= 0.6 is 0 Å². The highest BCUT2D eigenvalue weighted by atomic mass is 16.4. The maximum absolute atomic E-state index is 5.37. The highest BCUT2D eigenvalue weighted by Gasteiger charge is 2.19. The Morgan fingerprint density at radius 2 is 2.40 bits per heavy atom. The van der Waals surface area contributed by atoms with E-state index >= 15 is 0 Å². The molecule has 1 atom stereocenters. The van der Waals surface area contributed by atoms with E-state index in [0.29, 0.717) is 11.9 Å². The highest BCUT2D eigenvalue weighted by Crippen LogP contribution is 2.12. The molecule has 1 aliphatic rings. The van der Waals surface area contributed by atoms with Crippen molar-refractivity contribution < 1.29 is 4.42 Å². The molecule has 0 aromatic carbocycles. The van der Waals surface area contributed by atoms with Gasteiger partial charge in [0.2, 0.25) is 11.8 Å². The van der Waals surface area contributed by atoms with Crippen LogP contribution in [0, 0.1) is 6.92 Å². The van der Waals surface area contributed by atoms with E-state index in [1.807, 2.05) is 14.0 Å². The van der Waals surface area contributed by atoms with Crippen molar-refractivity contribution in [1.29, 1.82) is 0 Å². The van der Waals surface area contributed by atoms with Gasteiger partial charge in [-0.1, -0.05) is 0 Å².